The second-order valence-electron chi connectivity index (χ2n) is 7.95. The smallest absolute Gasteiger partial charge is 0.134 e. The molecule has 0 aliphatic heterocycles. The molecule has 160 valence electrons. The van der Waals surface area contributed by atoms with E-state index < -0.39 is 5.41 Å². The van der Waals surface area contributed by atoms with Crippen LogP contribution in [0, 0.1) is 0 Å². The summed E-state index contributed by atoms with van der Waals surface area (Å²) in [7, 11) is 3.63. The number of hydrogen-bond donors (Lipinski definition) is 2. The quantitative estimate of drug-likeness (QED) is 0.318. The fourth-order valence-electron chi connectivity index (χ4n) is 4.23. The zero-order valence-corrected chi connectivity index (χ0v) is 18.8. The maximum atomic E-state index is 12.2. The monoisotopic (exact) mass is 432 g/mol. The van der Waals surface area contributed by atoms with E-state index in [0.717, 1.165) is 59.6 Å². The number of benzene rings is 3. The number of methoxy groups -OCH3 is 1. The predicted octanol–water partition coefficient (Wildman–Crippen LogP) is 6.07. The third-order valence-electron chi connectivity index (χ3n) is 6.06. The van der Waals surface area contributed by atoms with Crippen LogP contribution < -0.4 is 14.8 Å². The molecule has 1 aliphatic rings. The van der Waals surface area contributed by atoms with Crippen molar-refractivity contribution in [2.75, 3.05) is 24.2 Å². The molecule has 0 saturated heterocycles. The summed E-state index contributed by atoms with van der Waals surface area (Å²) in [5, 5.41) is 3.40. The summed E-state index contributed by atoms with van der Waals surface area (Å²) >= 11 is 1.52. The van der Waals surface area contributed by atoms with Crippen LogP contribution in [0.4, 0.5) is 11.4 Å². The van der Waals surface area contributed by atoms with E-state index in [0.29, 0.717) is 0 Å². The highest BCUT2D eigenvalue weighted by Gasteiger charge is 2.41. The number of rotatable bonds is 9. The van der Waals surface area contributed by atoms with Crippen molar-refractivity contribution in [2.45, 2.75) is 36.0 Å². The molecular formula is C26H28N2O2S. The van der Waals surface area contributed by atoms with Crippen LogP contribution in [0.2, 0.25) is 0 Å². The van der Waals surface area contributed by atoms with Crippen LogP contribution >= 0.6 is 11.9 Å². The van der Waals surface area contributed by atoms with Gasteiger partial charge in [-0.15, -0.1) is 0 Å². The molecule has 4 nitrogen and oxygen atoms in total. The number of nitrogens with one attached hydrogen (secondary N) is 2. The molecule has 1 aliphatic carbocycles. The molecule has 31 heavy (non-hydrogen) atoms. The number of anilines is 2. The number of ether oxygens (including phenoxy) is 1. The van der Waals surface area contributed by atoms with E-state index in [2.05, 4.69) is 46.4 Å². The second-order valence-corrected chi connectivity index (χ2v) is 8.80. The lowest BCUT2D eigenvalue weighted by atomic mass is 9.64. The third kappa shape index (κ3) is 4.42. The highest BCUT2D eigenvalue weighted by Crippen LogP contribution is 2.47. The lowest BCUT2D eigenvalue weighted by Crippen LogP contribution is -2.36. The van der Waals surface area contributed by atoms with Gasteiger partial charge in [-0.2, -0.15) is 0 Å². The Balaban J connectivity index is 1.72. The first kappa shape index (κ1) is 21.3. The van der Waals surface area contributed by atoms with Gasteiger partial charge in [-0.1, -0.05) is 48.9 Å². The zero-order valence-electron chi connectivity index (χ0n) is 18.0. The molecule has 0 bridgehead atoms. The minimum Gasteiger partial charge on any atom is -0.496 e. The number of carbonyl (C=O) groups is 1. The molecule has 0 amide bonds. The lowest BCUT2D eigenvalue weighted by molar-refractivity contribution is -0.115. The summed E-state index contributed by atoms with van der Waals surface area (Å²) < 4.78 is 8.97. The van der Waals surface area contributed by atoms with Crippen molar-refractivity contribution in [2.24, 2.45) is 0 Å². The normalized spacial score (nSPS) is 14.4. The average Bonchev–Trinajstić information content (AvgIpc) is 2.78. The molecule has 1 fully saturated rings. The molecule has 0 heterocycles. The fourth-order valence-corrected chi connectivity index (χ4v) is 4.97. The molecule has 3 aromatic rings. The van der Waals surface area contributed by atoms with Gasteiger partial charge in [0.1, 0.15) is 12.0 Å². The average molecular weight is 433 g/mol. The van der Waals surface area contributed by atoms with E-state index >= 15 is 0 Å². The van der Waals surface area contributed by atoms with Crippen molar-refractivity contribution in [3.8, 4) is 5.75 Å². The molecule has 0 aromatic heterocycles. The van der Waals surface area contributed by atoms with Crippen LogP contribution in [0.15, 0.2) is 71.6 Å². The van der Waals surface area contributed by atoms with Crippen LogP contribution in [0.1, 0.15) is 36.0 Å². The Bertz CT molecular complexity index is 1050. The number of carbonyl (C=O) groups excluding carboxylic acids is 1. The van der Waals surface area contributed by atoms with Crippen LogP contribution in [-0.4, -0.2) is 20.4 Å². The van der Waals surface area contributed by atoms with Gasteiger partial charge in [-0.3, -0.25) is 0 Å². The van der Waals surface area contributed by atoms with E-state index in [-0.39, 0.29) is 0 Å². The fraction of sp³-hybridized carbons (Fsp3) is 0.269. The molecule has 5 heteroatoms. The second kappa shape index (κ2) is 9.48. The molecule has 3 aromatic carbocycles. The largest absolute Gasteiger partial charge is 0.496 e. The molecule has 2 N–H and O–H groups in total. The number of hydrogen-bond acceptors (Lipinski definition) is 5. The van der Waals surface area contributed by atoms with Crippen molar-refractivity contribution in [3.05, 3.63) is 83.4 Å². The van der Waals surface area contributed by atoms with Crippen LogP contribution in [0.5, 0.6) is 5.75 Å². The minimum absolute atomic E-state index is 0.392. The van der Waals surface area contributed by atoms with Gasteiger partial charge in [0.2, 0.25) is 0 Å². The summed E-state index contributed by atoms with van der Waals surface area (Å²) in [5.74, 6) is 0.833. The standard InChI is InChI=1S/C26H28N2O2S/c1-27-25-20(15-19-9-4-3-5-10-19)16-21(17-22(25)26(18-29)13-8-14-26)28-31-24-12-7-6-11-23(24)30-2/h3-7,9-12,16-18,27-28H,8,13-15H2,1-2H3. The summed E-state index contributed by atoms with van der Waals surface area (Å²) in [6.07, 6.45) is 4.84. The number of aldehydes is 1. The van der Waals surface area contributed by atoms with Gasteiger partial charge in [0, 0.05) is 18.4 Å². The van der Waals surface area contributed by atoms with Crippen molar-refractivity contribution < 1.29 is 9.53 Å². The summed E-state index contributed by atoms with van der Waals surface area (Å²) in [4.78, 5) is 13.2. The molecule has 0 atom stereocenters. The highest BCUT2D eigenvalue weighted by molar-refractivity contribution is 8.00. The lowest BCUT2D eigenvalue weighted by Gasteiger charge is -2.39. The van der Waals surface area contributed by atoms with Crippen molar-refractivity contribution in [1.82, 2.24) is 0 Å². The van der Waals surface area contributed by atoms with Gasteiger partial charge >= 0.3 is 0 Å². The van der Waals surface area contributed by atoms with Gasteiger partial charge in [0.15, 0.2) is 0 Å². The first-order valence-corrected chi connectivity index (χ1v) is 11.4. The Kier molecular flexibility index (Phi) is 6.52. The van der Waals surface area contributed by atoms with E-state index in [9.17, 15) is 4.79 Å². The van der Waals surface area contributed by atoms with Crippen LogP contribution in [0.3, 0.4) is 0 Å². The van der Waals surface area contributed by atoms with Gasteiger partial charge in [0.05, 0.1) is 17.4 Å². The van der Waals surface area contributed by atoms with Gasteiger partial charge in [-0.25, -0.2) is 0 Å². The first-order chi connectivity index (χ1) is 15.2. The van der Waals surface area contributed by atoms with Crippen molar-refractivity contribution in [1.29, 1.82) is 0 Å². The third-order valence-corrected chi connectivity index (χ3v) is 6.96. The highest BCUT2D eigenvalue weighted by atomic mass is 32.2. The van der Waals surface area contributed by atoms with Gasteiger partial charge < -0.3 is 19.6 Å². The summed E-state index contributed by atoms with van der Waals surface area (Å²) in [6, 6.07) is 22.7. The Morgan fingerprint density at radius 1 is 1.06 bits per heavy atom. The van der Waals surface area contributed by atoms with Crippen molar-refractivity contribution in [3.63, 3.8) is 0 Å². The Morgan fingerprint density at radius 2 is 1.81 bits per heavy atom. The maximum Gasteiger partial charge on any atom is 0.134 e. The Hall–Kier alpha value is -2.92. The molecule has 0 unspecified atom stereocenters. The van der Waals surface area contributed by atoms with E-state index in [1.165, 1.54) is 23.1 Å². The van der Waals surface area contributed by atoms with E-state index in [4.69, 9.17) is 4.74 Å². The van der Waals surface area contributed by atoms with Crippen LogP contribution in [-0.2, 0) is 16.6 Å². The minimum atomic E-state index is -0.392. The molecule has 0 radical (unpaired) electrons. The van der Waals surface area contributed by atoms with Crippen molar-refractivity contribution >= 4 is 29.6 Å². The summed E-state index contributed by atoms with van der Waals surface area (Å²) in [6.45, 7) is 0. The SMILES string of the molecule is CNc1c(Cc2ccccc2)cc(NSc2ccccc2OC)cc1C1(C=O)CCC1. The molecular weight excluding hydrogens is 404 g/mol. The van der Waals surface area contributed by atoms with E-state index in [1.807, 2.05) is 37.4 Å². The van der Waals surface area contributed by atoms with E-state index in [1.54, 1.807) is 7.11 Å². The molecule has 0 spiro atoms. The number of para-hydroxylation sites is 1. The Morgan fingerprint density at radius 3 is 2.45 bits per heavy atom. The summed E-state index contributed by atoms with van der Waals surface area (Å²) in [5.41, 5.74) is 5.19. The maximum absolute atomic E-state index is 12.2. The molecule has 4 rings (SSSR count). The topological polar surface area (TPSA) is 50.4 Å². The Labute approximate surface area is 188 Å². The van der Waals surface area contributed by atoms with Crippen LogP contribution in [0.25, 0.3) is 0 Å². The van der Waals surface area contributed by atoms with Gasteiger partial charge in [0.25, 0.3) is 0 Å². The van der Waals surface area contributed by atoms with Gasteiger partial charge in [-0.05, 0) is 72.2 Å². The predicted molar refractivity (Wildman–Crippen MR) is 129 cm³/mol. The zero-order chi connectivity index (χ0) is 21.7. The first-order valence-electron chi connectivity index (χ1n) is 10.6. The molecule has 1 saturated carbocycles.